The van der Waals surface area contributed by atoms with Crippen molar-refractivity contribution in [3.05, 3.63) is 0 Å². The number of morpholine rings is 1. The Morgan fingerprint density at radius 2 is 2.00 bits per heavy atom. The minimum atomic E-state index is -2.49. The largest absolute Gasteiger partial charge is 0.371 e. The second kappa shape index (κ2) is 7.39. The summed E-state index contributed by atoms with van der Waals surface area (Å²) < 4.78 is 25.6. The first-order chi connectivity index (χ1) is 11.2. The third-order valence-corrected chi connectivity index (χ3v) is 6.90. The van der Waals surface area contributed by atoms with Crippen LogP contribution >= 0.6 is 0 Å². The van der Waals surface area contributed by atoms with Crippen LogP contribution in [0.15, 0.2) is 0 Å². The van der Waals surface area contributed by atoms with Gasteiger partial charge in [-0.2, -0.15) is 0 Å². The molecule has 1 spiro atoms. The Bertz CT molecular complexity index is 576. The van der Waals surface area contributed by atoms with Crippen molar-refractivity contribution in [2.75, 3.05) is 31.2 Å². The molecule has 0 aliphatic carbocycles. The zero-order chi connectivity index (χ0) is 18.0. The van der Waals surface area contributed by atoms with E-state index in [9.17, 15) is 13.8 Å². The summed E-state index contributed by atoms with van der Waals surface area (Å²) >= 11 is 0. The molecule has 0 unspecified atom stereocenters. The average molecular weight is 359 g/mol. The van der Waals surface area contributed by atoms with Crippen molar-refractivity contribution in [1.82, 2.24) is 10.2 Å². The van der Waals surface area contributed by atoms with E-state index in [1.807, 2.05) is 13.8 Å². The molecule has 2 aliphatic rings. The second-order valence-corrected chi connectivity index (χ2v) is 9.52. The van der Waals surface area contributed by atoms with Crippen LogP contribution in [0.5, 0.6) is 0 Å². The standard InChI is InChI=1S/C16H29N3O4S/c1-4-12(2)14(18-13(3)20)15(21)19-7-8-23-16(11-19)5-9-24(17,22)10-6-16/h12,14,17H,4-11H2,1-3H3,(H,18,20)/t12-,14-,16?,24?/m0/s1. The lowest BCUT2D eigenvalue weighted by Crippen LogP contribution is -2.60. The summed E-state index contributed by atoms with van der Waals surface area (Å²) in [5.41, 5.74) is -0.480. The quantitative estimate of drug-likeness (QED) is 0.781. The van der Waals surface area contributed by atoms with Gasteiger partial charge in [0.2, 0.25) is 11.8 Å². The van der Waals surface area contributed by atoms with Crippen LogP contribution in [-0.4, -0.2) is 63.8 Å². The molecule has 0 aromatic carbocycles. The van der Waals surface area contributed by atoms with Gasteiger partial charge < -0.3 is 15.0 Å². The van der Waals surface area contributed by atoms with Crippen LogP contribution in [-0.2, 0) is 24.1 Å². The molecule has 0 aromatic rings. The van der Waals surface area contributed by atoms with Gasteiger partial charge >= 0.3 is 0 Å². The van der Waals surface area contributed by atoms with Gasteiger partial charge in [0.15, 0.2) is 0 Å². The Labute approximate surface area is 144 Å². The Hall–Kier alpha value is -1.15. The van der Waals surface area contributed by atoms with Crippen molar-refractivity contribution in [3.63, 3.8) is 0 Å². The molecule has 138 valence electrons. The molecule has 0 bridgehead atoms. The summed E-state index contributed by atoms with van der Waals surface area (Å²) in [6, 6.07) is -0.522. The number of carbonyl (C=O) groups excluding carboxylic acids is 2. The van der Waals surface area contributed by atoms with Crippen LogP contribution in [0.1, 0.15) is 40.0 Å². The lowest BCUT2D eigenvalue weighted by molar-refractivity contribution is -0.156. The average Bonchev–Trinajstić information content (AvgIpc) is 2.54. The monoisotopic (exact) mass is 359 g/mol. The van der Waals surface area contributed by atoms with Gasteiger partial charge in [0, 0.05) is 41.2 Å². The lowest BCUT2D eigenvalue weighted by Gasteiger charge is -2.46. The highest BCUT2D eigenvalue weighted by molar-refractivity contribution is 7.92. The Kier molecular flexibility index (Phi) is 5.91. The minimum Gasteiger partial charge on any atom is -0.371 e. The number of nitrogens with zero attached hydrogens (tertiary/aromatic N) is 1. The van der Waals surface area contributed by atoms with Gasteiger partial charge in [-0.3, -0.25) is 14.4 Å². The molecule has 2 fully saturated rings. The SMILES string of the molecule is CC[C@H](C)[C@H](NC(C)=O)C(=O)N1CCOC2(CCS(=N)(=O)CC2)C1. The first-order valence-corrected chi connectivity index (χ1v) is 10.5. The summed E-state index contributed by atoms with van der Waals surface area (Å²) in [6.45, 7) is 6.79. The highest BCUT2D eigenvalue weighted by Gasteiger charge is 2.43. The van der Waals surface area contributed by atoms with Crippen molar-refractivity contribution < 1.29 is 18.5 Å². The molecule has 2 aliphatic heterocycles. The van der Waals surface area contributed by atoms with E-state index in [0.717, 1.165) is 6.42 Å². The molecular weight excluding hydrogens is 330 g/mol. The molecule has 2 N–H and O–H groups in total. The van der Waals surface area contributed by atoms with Crippen LogP contribution in [0.2, 0.25) is 0 Å². The van der Waals surface area contributed by atoms with E-state index in [2.05, 4.69) is 5.32 Å². The molecule has 7 nitrogen and oxygen atoms in total. The molecule has 2 atom stereocenters. The second-order valence-electron chi connectivity index (χ2n) is 7.08. The van der Waals surface area contributed by atoms with Gasteiger partial charge in [-0.05, 0) is 18.8 Å². The molecule has 2 saturated heterocycles. The Morgan fingerprint density at radius 3 is 2.54 bits per heavy atom. The molecule has 0 radical (unpaired) electrons. The lowest BCUT2D eigenvalue weighted by atomic mass is 9.92. The first kappa shape index (κ1) is 19.2. The predicted octanol–water partition coefficient (Wildman–Crippen LogP) is 0.975. The fraction of sp³-hybridized carbons (Fsp3) is 0.875. The maximum absolute atomic E-state index is 12.9. The van der Waals surface area contributed by atoms with E-state index in [-0.39, 0.29) is 17.7 Å². The maximum Gasteiger partial charge on any atom is 0.245 e. The molecule has 0 saturated carbocycles. The number of nitrogens with one attached hydrogen (secondary N) is 2. The topological polar surface area (TPSA) is 99.6 Å². The first-order valence-electron chi connectivity index (χ1n) is 8.62. The van der Waals surface area contributed by atoms with Crippen LogP contribution in [0, 0.1) is 10.7 Å². The predicted molar refractivity (Wildman–Crippen MR) is 92.2 cm³/mol. The van der Waals surface area contributed by atoms with Gasteiger partial charge in [0.05, 0.1) is 12.2 Å². The van der Waals surface area contributed by atoms with E-state index in [4.69, 9.17) is 9.52 Å². The fourth-order valence-corrected chi connectivity index (χ4v) is 4.97. The van der Waals surface area contributed by atoms with Crippen LogP contribution < -0.4 is 5.32 Å². The number of hydrogen-bond donors (Lipinski definition) is 2. The van der Waals surface area contributed by atoms with Gasteiger partial charge in [0.25, 0.3) is 0 Å². The third-order valence-electron chi connectivity index (χ3n) is 5.17. The zero-order valence-corrected chi connectivity index (χ0v) is 15.6. The summed E-state index contributed by atoms with van der Waals surface area (Å²) in [7, 11) is -2.49. The van der Waals surface area contributed by atoms with Crippen LogP contribution in [0.4, 0.5) is 0 Å². The van der Waals surface area contributed by atoms with Gasteiger partial charge in [-0.25, -0.2) is 4.21 Å². The molecule has 2 amide bonds. The van der Waals surface area contributed by atoms with Crippen LogP contribution in [0.25, 0.3) is 0 Å². The normalized spacial score (nSPS) is 33.0. The van der Waals surface area contributed by atoms with Crippen molar-refractivity contribution in [1.29, 1.82) is 4.78 Å². The van der Waals surface area contributed by atoms with E-state index < -0.39 is 21.4 Å². The van der Waals surface area contributed by atoms with Gasteiger partial charge in [0.1, 0.15) is 6.04 Å². The zero-order valence-electron chi connectivity index (χ0n) is 14.8. The minimum absolute atomic E-state index is 0.0542. The third kappa shape index (κ3) is 4.47. The van der Waals surface area contributed by atoms with Crippen molar-refractivity contribution >= 4 is 21.5 Å². The van der Waals surface area contributed by atoms with E-state index in [1.54, 1.807) is 4.90 Å². The van der Waals surface area contributed by atoms with E-state index in [1.165, 1.54) is 6.92 Å². The molecule has 8 heteroatoms. The fourth-order valence-electron chi connectivity index (χ4n) is 3.36. The number of ether oxygens (including phenoxy) is 1. The van der Waals surface area contributed by atoms with E-state index >= 15 is 0 Å². The highest BCUT2D eigenvalue weighted by Crippen LogP contribution is 2.32. The number of carbonyl (C=O) groups is 2. The van der Waals surface area contributed by atoms with E-state index in [0.29, 0.717) is 44.0 Å². The van der Waals surface area contributed by atoms with Crippen LogP contribution in [0.3, 0.4) is 0 Å². The van der Waals surface area contributed by atoms with Crippen molar-refractivity contribution in [3.8, 4) is 0 Å². The maximum atomic E-state index is 12.9. The Balaban J connectivity index is 2.09. The van der Waals surface area contributed by atoms with Crippen molar-refractivity contribution in [2.45, 2.75) is 51.7 Å². The highest BCUT2D eigenvalue weighted by atomic mass is 32.2. The smallest absolute Gasteiger partial charge is 0.245 e. The molecule has 0 aromatic heterocycles. The summed E-state index contributed by atoms with van der Waals surface area (Å²) in [6.07, 6.45) is 1.90. The summed E-state index contributed by atoms with van der Waals surface area (Å²) in [5.74, 6) is 0.437. The summed E-state index contributed by atoms with van der Waals surface area (Å²) in [5, 5.41) is 2.79. The number of amides is 2. The Morgan fingerprint density at radius 1 is 1.38 bits per heavy atom. The van der Waals surface area contributed by atoms with Gasteiger partial charge in [-0.1, -0.05) is 20.3 Å². The molecule has 2 rings (SSSR count). The molecule has 24 heavy (non-hydrogen) atoms. The van der Waals surface area contributed by atoms with Gasteiger partial charge in [-0.15, -0.1) is 0 Å². The molecule has 2 heterocycles. The molecular formula is C16H29N3O4S. The van der Waals surface area contributed by atoms with Crippen molar-refractivity contribution in [2.24, 2.45) is 5.92 Å². The summed E-state index contributed by atoms with van der Waals surface area (Å²) in [4.78, 5) is 26.2. The number of hydrogen-bond acceptors (Lipinski definition) is 5. The number of rotatable bonds is 4.